The van der Waals surface area contributed by atoms with Crippen molar-refractivity contribution in [1.82, 2.24) is 0 Å². The standard InChI is InChI=1S/C13H19BrO2/c1-4-13(15,5-2)9-16-12-7-6-10(3)8-11(12)14/h6-8,15H,4-5,9H2,1-3H3. The fourth-order valence-electron chi connectivity index (χ4n) is 1.39. The van der Waals surface area contributed by atoms with E-state index in [0.717, 1.165) is 10.2 Å². The summed E-state index contributed by atoms with van der Waals surface area (Å²) in [6, 6.07) is 5.93. The molecule has 0 fully saturated rings. The van der Waals surface area contributed by atoms with Gasteiger partial charge in [-0.3, -0.25) is 0 Å². The lowest BCUT2D eigenvalue weighted by Crippen LogP contribution is -2.34. The van der Waals surface area contributed by atoms with Gasteiger partial charge in [-0.1, -0.05) is 19.9 Å². The van der Waals surface area contributed by atoms with Gasteiger partial charge in [0.15, 0.2) is 0 Å². The van der Waals surface area contributed by atoms with Crippen molar-refractivity contribution < 1.29 is 9.84 Å². The van der Waals surface area contributed by atoms with E-state index in [2.05, 4.69) is 15.9 Å². The number of ether oxygens (including phenoxy) is 1. The van der Waals surface area contributed by atoms with E-state index in [0.29, 0.717) is 19.4 Å². The van der Waals surface area contributed by atoms with Gasteiger partial charge in [-0.25, -0.2) is 0 Å². The summed E-state index contributed by atoms with van der Waals surface area (Å²) in [6.07, 6.45) is 1.40. The number of hydrogen-bond donors (Lipinski definition) is 1. The molecule has 1 aromatic carbocycles. The molecule has 2 nitrogen and oxygen atoms in total. The molecule has 1 aromatic rings. The van der Waals surface area contributed by atoms with E-state index < -0.39 is 5.60 Å². The van der Waals surface area contributed by atoms with Crippen LogP contribution in [0.25, 0.3) is 0 Å². The van der Waals surface area contributed by atoms with E-state index in [1.807, 2.05) is 39.0 Å². The van der Waals surface area contributed by atoms with Crippen molar-refractivity contribution in [2.75, 3.05) is 6.61 Å². The van der Waals surface area contributed by atoms with E-state index in [1.165, 1.54) is 5.56 Å². The van der Waals surface area contributed by atoms with Gasteiger partial charge in [0.05, 0.1) is 10.1 Å². The molecule has 0 spiro atoms. The molecule has 1 rings (SSSR count). The van der Waals surface area contributed by atoms with Crippen LogP contribution in [0.15, 0.2) is 22.7 Å². The van der Waals surface area contributed by atoms with Crippen LogP contribution in [0.2, 0.25) is 0 Å². The summed E-state index contributed by atoms with van der Waals surface area (Å²) in [5.41, 5.74) is 0.463. The molecule has 90 valence electrons. The van der Waals surface area contributed by atoms with E-state index in [9.17, 15) is 5.11 Å². The van der Waals surface area contributed by atoms with Gasteiger partial charge in [-0.05, 0) is 53.4 Å². The summed E-state index contributed by atoms with van der Waals surface area (Å²) in [5, 5.41) is 10.1. The molecule has 0 radical (unpaired) electrons. The summed E-state index contributed by atoms with van der Waals surface area (Å²) in [7, 11) is 0. The first-order valence-corrected chi connectivity index (χ1v) is 6.41. The van der Waals surface area contributed by atoms with Crippen molar-refractivity contribution in [2.24, 2.45) is 0 Å². The highest BCUT2D eigenvalue weighted by molar-refractivity contribution is 9.10. The SMILES string of the molecule is CCC(O)(CC)COc1ccc(C)cc1Br. The largest absolute Gasteiger partial charge is 0.489 e. The molecule has 3 heteroatoms. The maximum Gasteiger partial charge on any atom is 0.133 e. The highest BCUT2D eigenvalue weighted by Gasteiger charge is 2.23. The number of rotatable bonds is 5. The Bertz CT molecular complexity index is 346. The summed E-state index contributed by atoms with van der Waals surface area (Å²) in [4.78, 5) is 0. The first-order chi connectivity index (χ1) is 7.50. The lowest BCUT2D eigenvalue weighted by atomic mass is 9.99. The maximum atomic E-state index is 10.1. The van der Waals surface area contributed by atoms with Crippen molar-refractivity contribution in [1.29, 1.82) is 0 Å². The second kappa shape index (κ2) is 5.69. The third kappa shape index (κ3) is 3.49. The summed E-state index contributed by atoms with van der Waals surface area (Å²) >= 11 is 3.45. The van der Waals surface area contributed by atoms with Gasteiger partial charge in [0, 0.05) is 0 Å². The summed E-state index contributed by atoms with van der Waals surface area (Å²) in [6.45, 7) is 6.30. The minimum absolute atomic E-state index is 0.335. The average molecular weight is 287 g/mol. The van der Waals surface area contributed by atoms with Crippen LogP contribution in [0.1, 0.15) is 32.3 Å². The predicted molar refractivity (Wildman–Crippen MR) is 69.9 cm³/mol. The minimum atomic E-state index is -0.718. The van der Waals surface area contributed by atoms with E-state index >= 15 is 0 Å². The van der Waals surface area contributed by atoms with Crippen molar-refractivity contribution >= 4 is 15.9 Å². The average Bonchev–Trinajstić information content (AvgIpc) is 2.27. The van der Waals surface area contributed by atoms with Crippen LogP contribution in [0.5, 0.6) is 5.75 Å². The van der Waals surface area contributed by atoms with Crippen molar-refractivity contribution in [3.05, 3.63) is 28.2 Å². The second-order valence-electron chi connectivity index (χ2n) is 4.15. The molecule has 0 aromatic heterocycles. The Hall–Kier alpha value is -0.540. The first-order valence-electron chi connectivity index (χ1n) is 5.62. The molecular formula is C13H19BrO2. The Labute approximate surface area is 106 Å². The quantitative estimate of drug-likeness (QED) is 0.895. The second-order valence-corrected chi connectivity index (χ2v) is 5.01. The molecule has 0 saturated heterocycles. The third-order valence-electron chi connectivity index (χ3n) is 2.90. The lowest BCUT2D eigenvalue weighted by Gasteiger charge is -2.25. The molecule has 0 heterocycles. The Balaban J connectivity index is 2.67. The fraction of sp³-hybridized carbons (Fsp3) is 0.538. The van der Waals surface area contributed by atoms with E-state index in [4.69, 9.17) is 4.74 Å². The monoisotopic (exact) mass is 286 g/mol. The van der Waals surface area contributed by atoms with Crippen LogP contribution in [0, 0.1) is 6.92 Å². The van der Waals surface area contributed by atoms with Gasteiger partial charge < -0.3 is 9.84 Å². The summed E-state index contributed by atoms with van der Waals surface area (Å²) < 4.78 is 6.57. The molecule has 0 saturated carbocycles. The van der Waals surface area contributed by atoms with Crippen molar-refractivity contribution in [2.45, 2.75) is 39.2 Å². The van der Waals surface area contributed by atoms with Crippen LogP contribution in [0.4, 0.5) is 0 Å². The van der Waals surface area contributed by atoms with Crippen molar-refractivity contribution in [3.63, 3.8) is 0 Å². The zero-order chi connectivity index (χ0) is 12.2. The van der Waals surface area contributed by atoms with Gasteiger partial charge in [-0.2, -0.15) is 0 Å². The van der Waals surface area contributed by atoms with Crippen molar-refractivity contribution in [3.8, 4) is 5.75 Å². The number of hydrogen-bond acceptors (Lipinski definition) is 2. The van der Waals surface area contributed by atoms with Gasteiger partial charge >= 0.3 is 0 Å². The predicted octanol–water partition coefficient (Wildman–Crippen LogP) is 3.69. The van der Waals surface area contributed by atoms with Crippen LogP contribution in [-0.2, 0) is 0 Å². The fourth-order valence-corrected chi connectivity index (χ4v) is 2.00. The highest BCUT2D eigenvalue weighted by atomic mass is 79.9. The number of aliphatic hydroxyl groups is 1. The van der Waals surface area contributed by atoms with Gasteiger partial charge in [0.1, 0.15) is 12.4 Å². The zero-order valence-electron chi connectivity index (χ0n) is 10.1. The normalized spacial score (nSPS) is 11.6. The molecular weight excluding hydrogens is 268 g/mol. The topological polar surface area (TPSA) is 29.5 Å². The van der Waals surface area contributed by atoms with Crippen LogP contribution >= 0.6 is 15.9 Å². The molecule has 0 amide bonds. The first kappa shape index (κ1) is 13.5. The maximum absolute atomic E-state index is 10.1. The molecule has 0 atom stereocenters. The molecule has 0 unspecified atom stereocenters. The van der Waals surface area contributed by atoms with Crippen LogP contribution < -0.4 is 4.74 Å². The number of benzene rings is 1. The number of aryl methyl sites for hydroxylation is 1. The van der Waals surface area contributed by atoms with Crippen LogP contribution in [-0.4, -0.2) is 17.3 Å². The highest BCUT2D eigenvalue weighted by Crippen LogP contribution is 2.27. The Morgan fingerprint density at radius 3 is 2.44 bits per heavy atom. The molecule has 0 aliphatic rings. The molecule has 0 aliphatic heterocycles. The zero-order valence-corrected chi connectivity index (χ0v) is 11.7. The van der Waals surface area contributed by atoms with Gasteiger partial charge in [0.2, 0.25) is 0 Å². The smallest absolute Gasteiger partial charge is 0.133 e. The van der Waals surface area contributed by atoms with Gasteiger partial charge in [-0.15, -0.1) is 0 Å². The van der Waals surface area contributed by atoms with E-state index in [-0.39, 0.29) is 0 Å². The Morgan fingerprint density at radius 2 is 1.94 bits per heavy atom. The van der Waals surface area contributed by atoms with E-state index in [1.54, 1.807) is 0 Å². The minimum Gasteiger partial charge on any atom is -0.489 e. The summed E-state index contributed by atoms with van der Waals surface area (Å²) in [5.74, 6) is 0.783. The Kier molecular flexibility index (Phi) is 4.81. The molecule has 1 N–H and O–H groups in total. The molecule has 0 aliphatic carbocycles. The third-order valence-corrected chi connectivity index (χ3v) is 3.52. The Morgan fingerprint density at radius 1 is 1.31 bits per heavy atom. The molecule has 0 bridgehead atoms. The lowest BCUT2D eigenvalue weighted by molar-refractivity contribution is -0.0115. The molecule has 16 heavy (non-hydrogen) atoms. The van der Waals surface area contributed by atoms with Gasteiger partial charge in [0.25, 0.3) is 0 Å². The number of halogens is 1. The van der Waals surface area contributed by atoms with Crippen LogP contribution in [0.3, 0.4) is 0 Å².